The minimum atomic E-state index is -0.476. The second-order valence-electron chi connectivity index (χ2n) is 7.50. The van der Waals surface area contributed by atoms with Crippen LogP contribution in [0.3, 0.4) is 0 Å². The van der Waals surface area contributed by atoms with Gasteiger partial charge in [-0.3, -0.25) is 0 Å². The molecule has 2 N–H and O–H groups in total. The van der Waals surface area contributed by atoms with Crippen molar-refractivity contribution in [3.05, 3.63) is 64.2 Å². The summed E-state index contributed by atoms with van der Waals surface area (Å²) in [6, 6.07) is 14.1. The molecule has 0 aromatic heterocycles. The fourth-order valence-corrected chi connectivity index (χ4v) is 4.24. The largest absolute Gasteiger partial charge is 0.489 e. The Kier molecular flexibility index (Phi) is 5.69. The van der Waals surface area contributed by atoms with Crippen LogP contribution in [-0.4, -0.2) is 35.1 Å². The first-order valence-electron chi connectivity index (χ1n) is 9.59. The smallest absolute Gasteiger partial charge is 0.138 e. The molecular formula is C22H25ClO4. The van der Waals surface area contributed by atoms with Crippen molar-refractivity contribution in [1.29, 1.82) is 0 Å². The first kappa shape index (κ1) is 18.8. The molecule has 1 aliphatic heterocycles. The zero-order valence-corrected chi connectivity index (χ0v) is 15.9. The fraction of sp³-hybridized carbons (Fsp3) is 0.455. The van der Waals surface area contributed by atoms with Gasteiger partial charge in [0.25, 0.3) is 0 Å². The molecule has 4 unspecified atom stereocenters. The van der Waals surface area contributed by atoms with Crippen molar-refractivity contribution in [1.82, 2.24) is 0 Å². The predicted molar refractivity (Wildman–Crippen MR) is 104 cm³/mol. The Hall–Kier alpha value is -1.59. The van der Waals surface area contributed by atoms with E-state index in [0.29, 0.717) is 23.6 Å². The molecule has 0 bridgehead atoms. The summed E-state index contributed by atoms with van der Waals surface area (Å²) in [5.41, 5.74) is 3.66. The maximum Gasteiger partial charge on any atom is 0.138 e. The van der Waals surface area contributed by atoms with Crippen LogP contribution < -0.4 is 4.74 Å². The van der Waals surface area contributed by atoms with E-state index in [0.717, 1.165) is 24.8 Å². The van der Waals surface area contributed by atoms with Gasteiger partial charge in [-0.05, 0) is 41.7 Å². The molecule has 2 aliphatic rings. The van der Waals surface area contributed by atoms with Gasteiger partial charge in [0.1, 0.15) is 11.9 Å². The van der Waals surface area contributed by atoms with Gasteiger partial charge in [-0.2, -0.15) is 0 Å². The lowest BCUT2D eigenvalue weighted by Crippen LogP contribution is -2.33. The van der Waals surface area contributed by atoms with E-state index >= 15 is 0 Å². The maximum absolute atomic E-state index is 10.1. The molecule has 0 saturated carbocycles. The highest BCUT2D eigenvalue weighted by Crippen LogP contribution is 2.36. The highest BCUT2D eigenvalue weighted by molar-refractivity contribution is 6.32. The molecule has 1 saturated heterocycles. The second kappa shape index (κ2) is 8.19. The predicted octanol–water partition coefficient (Wildman–Crippen LogP) is 3.85. The lowest BCUT2D eigenvalue weighted by Gasteiger charge is -2.33. The number of aryl methyl sites for hydroxylation is 1. The van der Waals surface area contributed by atoms with Crippen molar-refractivity contribution < 1.29 is 19.7 Å². The second-order valence-corrected chi connectivity index (χ2v) is 7.90. The van der Waals surface area contributed by atoms with Crippen molar-refractivity contribution in [3.8, 4) is 5.75 Å². The molecule has 1 fully saturated rings. The molecule has 4 nitrogen and oxygen atoms in total. The lowest BCUT2D eigenvalue weighted by molar-refractivity contribution is -0.113. The molecule has 0 amide bonds. The fourth-order valence-electron chi connectivity index (χ4n) is 4.08. The molecule has 4 rings (SSSR count). The van der Waals surface area contributed by atoms with Crippen LogP contribution in [0.4, 0.5) is 0 Å². The standard InChI is InChI=1S/C22H25ClO4/c23-20-8-6-16(21-12-17(25)11-19(13-24)27-21)10-22(20)26-18-7-5-14-3-1-2-4-15(14)9-18/h1-4,6,8,10,17-19,21,24-25H,5,7,9,11-13H2. The summed E-state index contributed by atoms with van der Waals surface area (Å²) in [6.07, 6.45) is 2.83. The topological polar surface area (TPSA) is 58.9 Å². The van der Waals surface area contributed by atoms with Gasteiger partial charge in [0.15, 0.2) is 0 Å². The van der Waals surface area contributed by atoms with Gasteiger partial charge in [0.05, 0.1) is 29.9 Å². The SMILES string of the molecule is OCC1CC(O)CC(c2ccc(Cl)c(OC3CCc4ccccc4C3)c2)O1. The summed E-state index contributed by atoms with van der Waals surface area (Å²) in [5.74, 6) is 0.655. The number of hydrogen-bond acceptors (Lipinski definition) is 4. The van der Waals surface area contributed by atoms with Crippen LogP contribution in [0.15, 0.2) is 42.5 Å². The Bertz CT molecular complexity index is 794. The van der Waals surface area contributed by atoms with Crippen LogP contribution in [0, 0.1) is 0 Å². The average Bonchev–Trinajstić information content (AvgIpc) is 2.69. The number of aliphatic hydroxyl groups excluding tert-OH is 2. The molecule has 1 aliphatic carbocycles. The van der Waals surface area contributed by atoms with E-state index in [4.69, 9.17) is 21.1 Å². The number of fused-ring (bicyclic) bond motifs is 1. The van der Waals surface area contributed by atoms with Crippen molar-refractivity contribution in [2.45, 2.75) is 56.5 Å². The zero-order valence-electron chi connectivity index (χ0n) is 15.2. The van der Waals surface area contributed by atoms with Gasteiger partial charge >= 0.3 is 0 Å². The summed E-state index contributed by atoms with van der Waals surface area (Å²) in [5, 5.41) is 20.0. The van der Waals surface area contributed by atoms with Gasteiger partial charge in [-0.1, -0.05) is 41.9 Å². The van der Waals surface area contributed by atoms with E-state index in [-0.39, 0.29) is 24.9 Å². The molecule has 2 aromatic rings. The summed E-state index contributed by atoms with van der Waals surface area (Å²) in [4.78, 5) is 0. The average molecular weight is 389 g/mol. The van der Waals surface area contributed by atoms with E-state index in [9.17, 15) is 10.2 Å². The summed E-state index contributed by atoms with van der Waals surface area (Å²) in [7, 11) is 0. The minimum Gasteiger partial charge on any atom is -0.489 e. The van der Waals surface area contributed by atoms with Gasteiger partial charge in [-0.25, -0.2) is 0 Å². The molecule has 2 aromatic carbocycles. The van der Waals surface area contributed by atoms with Crippen molar-refractivity contribution >= 4 is 11.6 Å². The van der Waals surface area contributed by atoms with E-state index in [1.807, 2.05) is 18.2 Å². The van der Waals surface area contributed by atoms with Gasteiger partial charge in [0, 0.05) is 19.3 Å². The maximum atomic E-state index is 10.1. The molecule has 1 heterocycles. The van der Waals surface area contributed by atoms with Crippen LogP contribution in [0.25, 0.3) is 0 Å². The zero-order chi connectivity index (χ0) is 18.8. The Labute approximate surface area is 164 Å². The van der Waals surface area contributed by atoms with Crippen LogP contribution in [0.5, 0.6) is 5.75 Å². The van der Waals surface area contributed by atoms with Gasteiger partial charge in [-0.15, -0.1) is 0 Å². The molecule has 27 heavy (non-hydrogen) atoms. The van der Waals surface area contributed by atoms with Crippen molar-refractivity contribution in [3.63, 3.8) is 0 Å². The monoisotopic (exact) mass is 388 g/mol. The molecular weight excluding hydrogens is 364 g/mol. The van der Waals surface area contributed by atoms with Crippen LogP contribution in [-0.2, 0) is 17.6 Å². The third-order valence-electron chi connectivity index (χ3n) is 5.50. The molecule has 0 radical (unpaired) electrons. The van der Waals surface area contributed by atoms with Crippen LogP contribution in [0.2, 0.25) is 5.02 Å². The number of rotatable bonds is 4. The quantitative estimate of drug-likeness (QED) is 0.835. The van der Waals surface area contributed by atoms with E-state index in [1.165, 1.54) is 11.1 Å². The summed E-state index contributed by atoms with van der Waals surface area (Å²) in [6.45, 7) is -0.0913. The molecule has 0 spiro atoms. The first-order valence-corrected chi connectivity index (χ1v) is 9.97. The number of aliphatic hydroxyl groups is 2. The Morgan fingerprint density at radius 2 is 1.93 bits per heavy atom. The first-order chi connectivity index (χ1) is 13.1. The van der Waals surface area contributed by atoms with E-state index in [2.05, 4.69) is 24.3 Å². The molecule has 5 heteroatoms. The van der Waals surface area contributed by atoms with Crippen molar-refractivity contribution in [2.75, 3.05) is 6.61 Å². The third-order valence-corrected chi connectivity index (χ3v) is 5.82. The van der Waals surface area contributed by atoms with Gasteiger partial charge < -0.3 is 19.7 Å². The Balaban J connectivity index is 1.50. The summed E-state index contributed by atoms with van der Waals surface area (Å²) >= 11 is 6.38. The third kappa shape index (κ3) is 4.30. The van der Waals surface area contributed by atoms with E-state index in [1.54, 1.807) is 0 Å². The Morgan fingerprint density at radius 3 is 2.74 bits per heavy atom. The summed E-state index contributed by atoms with van der Waals surface area (Å²) < 4.78 is 12.2. The van der Waals surface area contributed by atoms with Crippen molar-refractivity contribution in [2.24, 2.45) is 0 Å². The lowest BCUT2D eigenvalue weighted by atomic mass is 9.90. The van der Waals surface area contributed by atoms with Crippen LogP contribution >= 0.6 is 11.6 Å². The molecule has 144 valence electrons. The highest BCUT2D eigenvalue weighted by atomic mass is 35.5. The number of halogens is 1. The number of ether oxygens (including phenoxy) is 2. The normalized spacial score (nSPS) is 27.8. The Morgan fingerprint density at radius 1 is 1.11 bits per heavy atom. The highest BCUT2D eigenvalue weighted by Gasteiger charge is 2.29. The number of benzene rings is 2. The molecule has 4 atom stereocenters. The van der Waals surface area contributed by atoms with E-state index < -0.39 is 6.10 Å². The van der Waals surface area contributed by atoms with Gasteiger partial charge in [0.2, 0.25) is 0 Å². The number of hydrogen-bond donors (Lipinski definition) is 2. The van der Waals surface area contributed by atoms with Crippen LogP contribution in [0.1, 0.15) is 42.1 Å². The minimum absolute atomic E-state index is 0.0913.